The molecular formula is C13H8ClNO4S. The van der Waals surface area contributed by atoms with E-state index in [1.54, 1.807) is 24.3 Å². The van der Waals surface area contributed by atoms with E-state index in [-0.39, 0.29) is 12.5 Å². The summed E-state index contributed by atoms with van der Waals surface area (Å²) >= 11 is 7.30. The maximum Gasteiger partial charge on any atom is 0.287 e. The number of nitro benzene ring substituents is 1. The van der Waals surface area contributed by atoms with E-state index in [1.807, 2.05) is 6.07 Å². The molecule has 102 valence electrons. The van der Waals surface area contributed by atoms with Crippen molar-refractivity contribution in [3.8, 4) is 11.5 Å². The zero-order valence-corrected chi connectivity index (χ0v) is 11.6. The lowest BCUT2D eigenvalue weighted by atomic mass is 10.3. The van der Waals surface area contributed by atoms with Crippen LogP contribution in [0.4, 0.5) is 5.69 Å². The van der Waals surface area contributed by atoms with Crippen LogP contribution in [0.25, 0.3) is 0 Å². The van der Waals surface area contributed by atoms with Crippen LogP contribution in [-0.2, 0) is 0 Å². The van der Waals surface area contributed by atoms with Gasteiger partial charge in [0, 0.05) is 11.0 Å². The third-order valence-corrected chi connectivity index (χ3v) is 4.27. The number of halogens is 1. The molecule has 0 saturated carbocycles. The van der Waals surface area contributed by atoms with E-state index >= 15 is 0 Å². The van der Waals surface area contributed by atoms with Crippen molar-refractivity contribution >= 4 is 29.1 Å². The summed E-state index contributed by atoms with van der Waals surface area (Å²) in [5.74, 6) is 0.894. The molecule has 5 nitrogen and oxygen atoms in total. The highest BCUT2D eigenvalue weighted by Crippen LogP contribution is 2.45. The van der Waals surface area contributed by atoms with E-state index in [1.165, 1.54) is 17.8 Å². The number of nitrogens with zero attached hydrogens (tertiary/aromatic N) is 1. The Kier molecular flexibility index (Phi) is 3.42. The zero-order chi connectivity index (χ0) is 14.1. The number of benzene rings is 2. The third-order valence-electron chi connectivity index (χ3n) is 2.71. The van der Waals surface area contributed by atoms with Crippen LogP contribution < -0.4 is 9.47 Å². The summed E-state index contributed by atoms with van der Waals surface area (Å²) in [4.78, 5) is 11.9. The van der Waals surface area contributed by atoms with Gasteiger partial charge >= 0.3 is 0 Å². The molecule has 0 amide bonds. The predicted molar refractivity (Wildman–Crippen MR) is 74.8 cm³/mol. The molecule has 0 aromatic heterocycles. The number of hydrogen-bond acceptors (Lipinski definition) is 5. The minimum atomic E-state index is -0.443. The Bertz CT molecular complexity index is 692. The van der Waals surface area contributed by atoms with Gasteiger partial charge in [-0.05, 0) is 12.1 Å². The van der Waals surface area contributed by atoms with Crippen LogP contribution in [0.3, 0.4) is 0 Å². The summed E-state index contributed by atoms with van der Waals surface area (Å²) in [7, 11) is 0. The summed E-state index contributed by atoms with van der Waals surface area (Å²) in [6.07, 6.45) is 0. The Labute approximate surface area is 123 Å². The lowest BCUT2D eigenvalue weighted by Gasteiger charge is -2.06. The van der Waals surface area contributed by atoms with Crippen molar-refractivity contribution in [1.82, 2.24) is 0 Å². The fourth-order valence-electron chi connectivity index (χ4n) is 1.78. The van der Waals surface area contributed by atoms with Gasteiger partial charge in [0.25, 0.3) is 5.69 Å². The van der Waals surface area contributed by atoms with Gasteiger partial charge < -0.3 is 9.47 Å². The van der Waals surface area contributed by atoms with Crippen molar-refractivity contribution in [2.75, 3.05) is 6.79 Å². The van der Waals surface area contributed by atoms with E-state index in [0.717, 1.165) is 4.90 Å². The van der Waals surface area contributed by atoms with E-state index in [9.17, 15) is 10.1 Å². The first kappa shape index (κ1) is 13.1. The largest absolute Gasteiger partial charge is 0.454 e. The molecule has 0 atom stereocenters. The van der Waals surface area contributed by atoms with Crippen LogP contribution in [0.1, 0.15) is 0 Å². The number of rotatable bonds is 3. The molecule has 0 radical (unpaired) electrons. The fourth-order valence-corrected chi connectivity index (χ4v) is 2.99. The highest BCUT2D eigenvalue weighted by molar-refractivity contribution is 7.99. The molecule has 2 aromatic carbocycles. The van der Waals surface area contributed by atoms with Crippen LogP contribution in [0.5, 0.6) is 11.5 Å². The van der Waals surface area contributed by atoms with Crippen molar-refractivity contribution in [3.63, 3.8) is 0 Å². The van der Waals surface area contributed by atoms with Crippen molar-refractivity contribution in [2.45, 2.75) is 9.79 Å². The van der Waals surface area contributed by atoms with Crippen LogP contribution >= 0.6 is 23.4 Å². The molecule has 20 heavy (non-hydrogen) atoms. The van der Waals surface area contributed by atoms with Crippen molar-refractivity contribution in [2.24, 2.45) is 0 Å². The fraction of sp³-hybridized carbons (Fsp3) is 0.0769. The first-order chi connectivity index (χ1) is 9.65. The monoisotopic (exact) mass is 309 g/mol. The predicted octanol–water partition coefficient (Wildman–Crippen LogP) is 4.13. The van der Waals surface area contributed by atoms with Gasteiger partial charge in [-0.25, -0.2) is 0 Å². The van der Waals surface area contributed by atoms with E-state index in [0.29, 0.717) is 21.4 Å². The Hall–Kier alpha value is -1.92. The van der Waals surface area contributed by atoms with Gasteiger partial charge in [0.15, 0.2) is 11.5 Å². The van der Waals surface area contributed by atoms with Crippen molar-refractivity contribution < 1.29 is 14.4 Å². The van der Waals surface area contributed by atoms with Gasteiger partial charge in [0.1, 0.15) is 0 Å². The Morgan fingerprint density at radius 3 is 2.55 bits per heavy atom. The van der Waals surface area contributed by atoms with Gasteiger partial charge in [-0.1, -0.05) is 35.5 Å². The third kappa shape index (κ3) is 2.39. The molecule has 1 aliphatic rings. The van der Waals surface area contributed by atoms with Crippen molar-refractivity contribution in [1.29, 1.82) is 0 Å². The molecule has 1 aliphatic heterocycles. The summed E-state index contributed by atoms with van der Waals surface area (Å²) in [5.41, 5.74) is -0.0285. The number of nitro groups is 1. The number of ether oxygens (including phenoxy) is 2. The second kappa shape index (κ2) is 5.22. The standard InChI is InChI=1S/C13H8ClNO4S/c14-8-3-1-2-4-12(8)20-13-6-11-10(18-7-19-11)5-9(13)15(16)17/h1-6H,7H2. The molecule has 0 spiro atoms. The molecule has 2 aromatic rings. The second-order valence-corrected chi connectivity index (χ2v) is 5.45. The average molecular weight is 310 g/mol. The second-order valence-electron chi connectivity index (χ2n) is 3.96. The SMILES string of the molecule is O=[N+]([O-])c1cc2c(cc1Sc1ccccc1Cl)OCO2. The molecule has 7 heteroatoms. The summed E-state index contributed by atoms with van der Waals surface area (Å²) in [6, 6.07) is 10.2. The molecule has 3 rings (SSSR count). The molecule has 0 bridgehead atoms. The maximum absolute atomic E-state index is 11.2. The van der Waals surface area contributed by atoms with Crippen molar-refractivity contribution in [3.05, 3.63) is 51.5 Å². The highest BCUT2D eigenvalue weighted by atomic mass is 35.5. The van der Waals surface area contributed by atoms with Crippen LogP contribution in [0.15, 0.2) is 46.2 Å². The van der Waals surface area contributed by atoms with Gasteiger partial charge in [-0.15, -0.1) is 0 Å². The van der Waals surface area contributed by atoms with E-state index < -0.39 is 4.92 Å². The minimum absolute atomic E-state index is 0.0285. The molecule has 0 N–H and O–H groups in total. The van der Waals surface area contributed by atoms with E-state index in [4.69, 9.17) is 21.1 Å². The smallest absolute Gasteiger partial charge is 0.287 e. The first-order valence-electron chi connectivity index (χ1n) is 5.65. The number of fused-ring (bicyclic) bond motifs is 1. The molecule has 0 fully saturated rings. The molecule has 0 unspecified atom stereocenters. The van der Waals surface area contributed by atoms with Gasteiger partial charge in [0.2, 0.25) is 6.79 Å². The number of hydrogen-bond donors (Lipinski definition) is 0. The lowest BCUT2D eigenvalue weighted by molar-refractivity contribution is -0.387. The Balaban J connectivity index is 2.04. The molecule has 1 heterocycles. The van der Waals surface area contributed by atoms with Gasteiger partial charge in [0.05, 0.1) is 20.9 Å². The maximum atomic E-state index is 11.2. The lowest BCUT2D eigenvalue weighted by Crippen LogP contribution is -1.93. The van der Waals surface area contributed by atoms with Crippen LogP contribution in [-0.4, -0.2) is 11.7 Å². The van der Waals surface area contributed by atoms with Crippen LogP contribution in [0.2, 0.25) is 5.02 Å². The topological polar surface area (TPSA) is 61.6 Å². The normalized spacial score (nSPS) is 12.4. The van der Waals surface area contributed by atoms with Gasteiger partial charge in [-0.2, -0.15) is 0 Å². The molecule has 0 saturated heterocycles. The van der Waals surface area contributed by atoms with Gasteiger partial charge in [-0.3, -0.25) is 10.1 Å². The minimum Gasteiger partial charge on any atom is -0.454 e. The highest BCUT2D eigenvalue weighted by Gasteiger charge is 2.24. The summed E-state index contributed by atoms with van der Waals surface area (Å²) in [5, 5.41) is 11.7. The summed E-state index contributed by atoms with van der Waals surface area (Å²) < 4.78 is 10.4. The molecule has 0 aliphatic carbocycles. The van der Waals surface area contributed by atoms with Crippen LogP contribution in [0, 0.1) is 10.1 Å². The zero-order valence-electron chi connectivity index (χ0n) is 10.0. The average Bonchev–Trinajstić information content (AvgIpc) is 2.87. The molecular weight excluding hydrogens is 302 g/mol. The van der Waals surface area contributed by atoms with E-state index in [2.05, 4.69) is 0 Å². The summed E-state index contributed by atoms with van der Waals surface area (Å²) in [6.45, 7) is 0.0761. The Morgan fingerprint density at radius 1 is 1.15 bits per heavy atom. The first-order valence-corrected chi connectivity index (χ1v) is 6.85. The quantitative estimate of drug-likeness (QED) is 0.630. The Morgan fingerprint density at radius 2 is 1.85 bits per heavy atom.